The summed E-state index contributed by atoms with van der Waals surface area (Å²) in [5.74, 6) is -1.03. The summed E-state index contributed by atoms with van der Waals surface area (Å²) in [5, 5.41) is 15.0. The number of para-hydroxylation sites is 1. The van der Waals surface area contributed by atoms with Gasteiger partial charge in [0, 0.05) is 14.1 Å². The molecule has 3 aromatic rings. The van der Waals surface area contributed by atoms with E-state index in [0.29, 0.717) is 0 Å². The fourth-order valence-electron chi connectivity index (χ4n) is 2.99. The zero-order valence-corrected chi connectivity index (χ0v) is 16.4. The van der Waals surface area contributed by atoms with Crippen molar-refractivity contribution in [2.45, 2.75) is 12.2 Å². The highest BCUT2D eigenvalue weighted by Gasteiger charge is 2.42. The van der Waals surface area contributed by atoms with Crippen LogP contribution in [0.1, 0.15) is 22.0 Å². The van der Waals surface area contributed by atoms with Gasteiger partial charge in [0.05, 0.1) is 11.3 Å². The first-order valence-electron chi connectivity index (χ1n) is 9.04. The highest BCUT2D eigenvalue weighted by Crippen LogP contribution is 2.37. The number of nitrogens with one attached hydrogen (secondary N) is 2. The second kappa shape index (κ2) is 8.13. The van der Waals surface area contributed by atoms with Crippen LogP contribution in [0, 0.1) is 0 Å². The molecular weight excluding hydrogens is 415 g/mol. The fraction of sp³-hybridized carbons (Fsp3) is 0.190. The first-order chi connectivity index (χ1) is 14.5. The normalized spacial score (nSPS) is 12.4. The van der Waals surface area contributed by atoms with Crippen LogP contribution in [0.15, 0.2) is 58.1 Å². The zero-order chi connectivity index (χ0) is 22.9. The summed E-state index contributed by atoms with van der Waals surface area (Å²) in [6, 6.07) is 8.72. The van der Waals surface area contributed by atoms with E-state index in [1.54, 1.807) is 6.07 Å². The lowest BCUT2D eigenvalue weighted by atomic mass is 10.0. The average molecular weight is 433 g/mol. The molecule has 0 heterocycles. The molecule has 0 unspecified atom stereocenters. The molecule has 162 valence electrons. The molecule has 0 fully saturated rings. The molecule has 0 aliphatic rings. The fourth-order valence-corrected chi connectivity index (χ4v) is 2.99. The lowest BCUT2D eigenvalue weighted by molar-refractivity contribution is -0.144. The van der Waals surface area contributed by atoms with Crippen LogP contribution in [-0.2, 0) is 0 Å². The Balaban J connectivity index is 1.96. The molecule has 31 heavy (non-hydrogen) atoms. The van der Waals surface area contributed by atoms with Gasteiger partial charge in [0.1, 0.15) is 17.4 Å². The molecular formula is C21H18F3N3O4. The molecule has 0 spiro atoms. The first kappa shape index (κ1) is 21.9. The molecule has 3 rings (SSSR count). The molecule has 10 heteroatoms. The average Bonchev–Trinajstić information content (AvgIpc) is 2.73. The number of aromatic hydroxyl groups is 1. The van der Waals surface area contributed by atoms with Crippen LogP contribution in [0.2, 0.25) is 0 Å². The van der Waals surface area contributed by atoms with Gasteiger partial charge in [-0.2, -0.15) is 13.2 Å². The number of alkyl halides is 3. The van der Waals surface area contributed by atoms with E-state index in [2.05, 4.69) is 10.6 Å². The predicted molar refractivity (Wildman–Crippen MR) is 110 cm³/mol. The Morgan fingerprint density at radius 2 is 1.58 bits per heavy atom. The molecule has 0 bridgehead atoms. The quantitative estimate of drug-likeness (QED) is 0.408. The van der Waals surface area contributed by atoms with Crippen molar-refractivity contribution in [3.8, 4) is 5.75 Å². The minimum absolute atomic E-state index is 0.0827. The van der Waals surface area contributed by atoms with Crippen LogP contribution < -0.4 is 21.5 Å². The van der Waals surface area contributed by atoms with E-state index < -0.39 is 46.1 Å². The van der Waals surface area contributed by atoms with Crippen molar-refractivity contribution < 1.29 is 23.1 Å². The van der Waals surface area contributed by atoms with Gasteiger partial charge in [-0.15, -0.1) is 0 Å². The number of hydrogen-bond acceptors (Lipinski definition) is 6. The Hall–Kier alpha value is -3.82. The van der Waals surface area contributed by atoms with Crippen LogP contribution in [0.5, 0.6) is 5.75 Å². The van der Waals surface area contributed by atoms with E-state index >= 15 is 0 Å². The van der Waals surface area contributed by atoms with Gasteiger partial charge in [-0.25, -0.2) is 0 Å². The van der Waals surface area contributed by atoms with Gasteiger partial charge < -0.3 is 20.6 Å². The molecule has 0 aromatic heterocycles. The Morgan fingerprint density at radius 1 is 0.968 bits per heavy atom. The van der Waals surface area contributed by atoms with Crippen molar-refractivity contribution >= 4 is 23.0 Å². The SMILES string of the molecule is CN(C)C(=O)c1cccc(Nc2c(N[C@@H](c3ccccc3)C(F)(F)F)c(=O)c2=O)c1O. The van der Waals surface area contributed by atoms with Crippen molar-refractivity contribution in [3.63, 3.8) is 0 Å². The highest BCUT2D eigenvalue weighted by molar-refractivity contribution is 5.99. The number of phenolic OH excluding ortho intramolecular Hbond substituents is 1. The number of rotatable bonds is 6. The number of carbonyl (C=O) groups is 1. The number of benzene rings is 2. The van der Waals surface area contributed by atoms with Crippen LogP contribution >= 0.6 is 0 Å². The van der Waals surface area contributed by atoms with Gasteiger partial charge in [0.25, 0.3) is 16.8 Å². The van der Waals surface area contributed by atoms with Crippen molar-refractivity contribution in [1.29, 1.82) is 0 Å². The van der Waals surface area contributed by atoms with Gasteiger partial charge in [-0.1, -0.05) is 36.4 Å². The minimum Gasteiger partial charge on any atom is -0.505 e. The number of carbonyl (C=O) groups excluding carboxylic acids is 1. The third-order valence-corrected chi connectivity index (χ3v) is 4.59. The van der Waals surface area contributed by atoms with Crippen molar-refractivity contribution in [1.82, 2.24) is 4.90 Å². The molecule has 0 saturated heterocycles. The molecule has 3 N–H and O–H groups in total. The Bertz CT molecular complexity index is 1180. The number of halogens is 3. The Morgan fingerprint density at radius 3 is 2.16 bits per heavy atom. The maximum atomic E-state index is 13.6. The second-order valence-electron chi connectivity index (χ2n) is 6.96. The van der Waals surface area contributed by atoms with Gasteiger partial charge in [-0.3, -0.25) is 14.4 Å². The maximum Gasteiger partial charge on any atom is 0.412 e. The second-order valence-corrected chi connectivity index (χ2v) is 6.96. The third kappa shape index (κ3) is 4.23. The summed E-state index contributed by atoms with van der Waals surface area (Å²) < 4.78 is 40.8. The smallest absolute Gasteiger partial charge is 0.412 e. The van der Waals surface area contributed by atoms with E-state index in [1.807, 2.05) is 0 Å². The van der Waals surface area contributed by atoms with E-state index in [0.717, 1.165) is 0 Å². The summed E-state index contributed by atoms with van der Waals surface area (Å²) in [6.45, 7) is 0. The van der Waals surface area contributed by atoms with Gasteiger partial charge in [0.15, 0.2) is 5.75 Å². The van der Waals surface area contributed by atoms with E-state index in [9.17, 15) is 32.7 Å². The number of amides is 1. The topological polar surface area (TPSA) is 98.7 Å². The standard InChI is InChI=1S/C21H18F3N3O4/c1-27(2)20(31)12-9-6-10-13(16(12)28)25-14-15(18(30)17(14)29)26-19(21(22,23)24)11-7-4-3-5-8-11/h3-10,19,25-26,28H,1-2H3/t19-/m0/s1. The van der Waals surface area contributed by atoms with Gasteiger partial charge in [0.2, 0.25) is 0 Å². The van der Waals surface area contributed by atoms with Crippen molar-refractivity contribution in [2.24, 2.45) is 0 Å². The lowest BCUT2D eigenvalue weighted by Crippen LogP contribution is -2.40. The van der Waals surface area contributed by atoms with Crippen LogP contribution in [0.25, 0.3) is 0 Å². The van der Waals surface area contributed by atoms with Gasteiger partial charge >= 0.3 is 6.18 Å². The zero-order valence-electron chi connectivity index (χ0n) is 16.4. The Kier molecular flexibility index (Phi) is 5.74. The lowest BCUT2D eigenvalue weighted by Gasteiger charge is -2.25. The molecule has 3 aromatic carbocycles. The van der Waals surface area contributed by atoms with E-state index in [1.165, 1.54) is 61.5 Å². The molecule has 1 atom stereocenters. The summed E-state index contributed by atoms with van der Waals surface area (Å²) in [6.07, 6.45) is -4.75. The molecule has 1 amide bonds. The number of hydrogen-bond donors (Lipinski definition) is 3. The minimum atomic E-state index is -4.75. The molecule has 7 nitrogen and oxygen atoms in total. The summed E-state index contributed by atoms with van der Waals surface area (Å²) in [5.41, 5.74) is -3.48. The molecule has 0 saturated carbocycles. The summed E-state index contributed by atoms with van der Waals surface area (Å²) in [4.78, 5) is 37.4. The van der Waals surface area contributed by atoms with Crippen molar-refractivity contribution in [3.05, 3.63) is 80.1 Å². The molecule has 0 aliphatic carbocycles. The first-order valence-corrected chi connectivity index (χ1v) is 9.04. The van der Waals surface area contributed by atoms with E-state index in [4.69, 9.17) is 0 Å². The number of nitrogens with zero attached hydrogens (tertiary/aromatic N) is 1. The van der Waals surface area contributed by atoms with Crippen LogP contribution in [0.3, 0.4) is 0 Å². The van der Waals surface area contributed by atoms with E-state index in [-0.39, 0.29) is 16.8 Å². The van der Waals surface area contributed by atoms with Gasteiger partial charge in [-0.05, 0) is 17.7 Å². The van der Waals surface area contributed by atoms with Crippen LogP contribution in [-0.4, -0.2) is 36.2 Å². The highest BCUT2D eigenvalue weighted by atomic mass is 19.4. The monoisotopic (exact) mass is 433 g/mol. The predicted octanol–water partition coefficient (Wildman–Crippen LogP) is 3.15. The molecule has 0 radical (unpaired) electrons. The summed E-state index contributed by atoms with van der Waals surface area (Å²) in [7, 11) is 2.95. The molecule has 0 aliphatic heterocycles. The largest absolute Gasteiger partial charge is 0.505 e. The number of anilines is 3. The Labute approximate surface area is 174 Å². The van der Waals surface area contributed by atoms with Crippen LogP contribution in [0.4, 0.5) is 30.2 Å². The maximum absolute atomic E-state index is 13.6. The third-order valence-electron chi connectivity index (χ3n) is 4.59. The summed E-state index contributed by atoms with van der Waals surface area (Å²) >= 11 is 0. The number of phenols is 1. The van der Waals surface area contributed by atoms with Crippen molar-refractivity contribution in [2.75, 3.05) is 24.7 Å².